The van der Waals surface area contributed by atoms with E-state index in [4.69, 9.17) is 19.3 Å². The average Bonchev–Trinajstić information content (AvgIpc) is 2.88. The summed E-state index contributed by atoms with van der Waals surface area (Å²) in [5, 5.41) is 11.3. The summed E-state index contributed by atoms with van der Waals surface area (Å²) in [7, 11) is 0. The van der Waals surface area contributed by atoms with Crippen LogP contribution in [-0.4, -0.2) is 61.9 Å². The van der Waals surface area contributed by atoms with Gasteiger partial charge in [0.1, 0.15) is 5.76 Å². The number of carbonyl (C=O) groups is 1. The van der Waals surface area contributed by atoms with Crippen molar-refractivity contribution in [2.75, 3.05) is 46.2 Å². The van der Waals surface area contributed by atoms with Crippen molar-refractivity contribution in [3.05, 3.63) is 47.6 Å². The second-order valence-electron chi connectivity index (χ2n) is 5.86. The molecule has 0 saturated heterocycles. The van der Waals surface area contributed by atoms with Crippen LogP contribution in [-0.2, 0) is 19.0 Å². The number of hydrogen-bond donors (Lipinski definition) is 2. The summed E-state index contributed by atoms with van der Waals surface area (Å²) in [6, 6.07) is 0. The first-order valence-electron chi connectivity index (χ1n) is 8.49. The normalized spacial score (nSPS) is 20.0. The predicted octanol–water partition coefficient (Wildman–Crippen LogP) is 2.18. The summed E-state index contributed by atoms with van der Waals surface area (Å²) in [5.74, 6) is 0.501. The molecule has 0 bridgehead atoms. The Bertz CT molecular complexity index is 558. The molecule has 0 spiro atoms. The highest BCUT2D eigenvalue weighted by Crippen LogP contribution is 2.46. The fraction of sp³-hybridized carbons (Fsp3) is 0.526. The summed E-state index contributed by atoms with van der Waals surface area (Å²) in [4.78, 5) is 12.8. The first kappa shape index (κ1) is 22.5. The van der Waals surface area contributed by atoms with Gasteiger partial charge < -0.3 is 24.6 Å². The van der Waals surface area contributed by atoms with E-state index in [1.54, 1.807) is 17.8 Å². The zero-order valence-corrected chi connectivity index (χ0v) is 16.4. The topological polar surface area (TPSA) is 77.0 Å². The van der Waals surface area contributed by atoms with Gasteiger partial charge in [-0.1, -0.05) is 30.9 Å². The van der Waals surface area contributed by atoms with Crippen molar-refractivity contribution >= 4 is 17.7 Å². The van der Waals surface area contributed by atoms with Gasteiger partial charge in [0.2, 0.25) is 0 Å². The highest BCUT2D eigenvalue weighted by atomic mass is 32.2. The van der Waals surface area contributed by atoms with Crippen LogP contribution in [0, 0.1) is 0 Å². The standard InChI is InChI=1S/C19H29NO5S/c1-5-15(2)13-19(4)17(12-16(3)26-19)25-14-18(22)20-6-8-23-10-11-24-9-7-21/h5,12-13,21H,1,3,6-11,14H2,2,4H3,(H,20,22)/b15-13+. The number of hydrogen-bond acceptors (Lipinski definition) is 6. The van der Waals surface area contributed by atoms with E-state index in [0.717, 1.165) is 10.5 Å². The zero-order chi connectivity index (χ0) is 19.4. The van der Waals surface area contributed by atoms with Crippen molar-refractivity contribution in [3.63, 3.8) is 0 Å². The molecule has 2 N–H and O–H groups in total. The maximum atomic E-state index is 11.9. The molecule has 1 atom stereocenters. The Morgan fingerprint density at radius 3 is 2.69 bits per heavy atom. The average molecular weight is 384 g/mol. The molecule has 6 nitrogen and oxygen atoms in total. The molecule has 26 heavy (non-hydrogen) atoms. The predicted molar refractivity (Wildman–Crippen MR) is 105 cm³/mol. The fourth-order valence-electron chi connectivity index (χ4n) is 2.26. The molecule has 1 heterocycles. The van der Waals surface area contributed by atoms with Gasteiger partial charge in [0.05, 0.1) is 37.8 Å². The number of amides is 1. The Balaban J connectivity index is 2.30. The third-order valence-corrected chi connectivity index (χ3v) is 4.61. The van der Waals surface area contributed by atoms with Crippen LogP contribution in [0.3, 0.4) is 0 Å². The summed E-state index contributed by atoms with van der Waals surface area (Å²) >= 11 is 1.59. The first-order valence-corrected chi connectivity index (χ1v) is 9.30. The van der Waals surface area contributed by atoms with Gasteiger partial charge in [0.15, 0.2) is 6.61 Å². The third kappa shape index (κ3) is 8.23. The number of aliphatic hydroxyl groups excluding tert-OH is 1. The molecular weight excluding hydrogens is 354 g/mol. The van der Waals surface area contributed by atoms with Gasteiger partial charge in [-0.2, -0.15) is 0 Å². The number of aliphatic hydroxyl groups is 1. The van der Waals surface area contributed by atoms with Gasteiger partial charge in [-0.05, 0) is 19.9 Å². The molecule has 7 heteroatoms. The van der Waals surface area contributed by atoms with Crippen molar-refractivity contribution in [3.8, 4) is 0 Å². The van der Waals surface area contributed by atoms with Crippen LogP contribution in [0.5, 0.6) is 0 Å². The van der Waals surface area contributed by atoms with Crippen molar-refractivity contribution in [1.29, 1.82) is 0 Å². The maximum absolute atomic E-state index is 11.9. The Morgan fingerprint density at radius 1 is 1.35 bits per heavy atom. The van der Waals surface area contributed by atoms with Gasteiger partial charge >= 0.3 is 0 Å². The summed E-state index contributed by atoms with van der Waals surface area (Å²) in [5.41, 5.74) is 1.04. The van der Waals surface area contributed by atoms with Crippen LogP contribution in [0.2, 0.25) is 0 Å². The van der Waals surface area contributed by atoms with E-state index in [2.05, 4.69) is 24.6 Å². The molecule has 0 aromatic heterocycles. The minimum Gasteiger partial charge on any atom is -0.486 e. The Morgan fingerprint density at radius 2 is 2.04 bits per heavy atom. The molecule has 1 aliphatic heterocycles. The van der Waals surface area contributed by atoms with E-state index in [9.17, 15) is 4.79 Å². The van der Waals surface area contributed by atoms with E-state index in [1.807, 2.05) is 19.9 Å². The van der Waals surface area contributed by atoms with Gasteiger partial charge in [-0.15, -0.1) is 11.8 Å². The van der Waals surface area contributed by atoms with Crippen LogP contribution < -0.4 is 5.32 Å². The van der Waals surface area contributed by atoms with Gasteiger partial charge in [-0.25, -0.2) is 0 Å². The SMILES string of the molecule is C=C/C(C)=C/C1(C)SC(=C)C=C1OCC(=O)NCCOCCOCCO. The van der Waals surface area contributed by atoms with E-state index in [-0.39, 0.29) is 23.9 Å². The number of carbonyl (C=O) groups excluding carboxylic acids is 1. The van der Waals surface area contributed by atoms with E-state index < -0.39 is 0 Å². The quantitative estimate of drug-likeness (QED) is 0.375. The molecule has 0 aliphatic carbocycles. The smallest absolute Gasteiger partial charge is 0.258 e. The highest BCUT2D eigenvalue weighted by molar-refractivity contribution is 8.05. The Hall–Kier alpha value is -1.54. The largest absolute Gasteiger partial charge is 0.486 e. The molecule has 1 aliphatic rings. The maximum Gasteiger partial charge on any atom is 0.258 e. The van der Waals surface area contributed by atoms with E-state index in [0.29, 0.717) is 38.7 Å². The summed E-state index contributed by atoms with van der Waals surface area (Å²) in [6.07, 6.45) is 5.70. The number of thioether (sulfide) groups is 1. The summed E-state index contributed by atoms with van der Waals surface area (Å²) in [6.45, 7) is 13.6. The molecule has 0 aromatic carbocycles. The molecule has 0 fully saturated rings. The number of allylic oxidation sites excluding steroid dienone is 3. The van der Waals surface area contributed by atoms with Crippen LogP contribution in [0.4, 0.5) is 0 Å². The first-order chi connectivity index (χ1) is 12.4. The molecule has 1 rings (SSSR count). The lowest BCUT2D eigenvalue weighted by Crippen LogP contribution is -2.32. The monoisotopic (exact) mass is 383 g/mol. The zero-order valence-electron chi connectivity index (χ0n) is 15.6. The minimum atomic E-state index is -0.382. The van der Waals surface area contributed by atoms with Crippen molar-refractivity contribution in [2.45, 2.75) is 18.6 Å². The van der Waals surface area contributed by atoms with Crippen molar-refractivity contribution < 1.29 is 24.1 Å². The van der Waals surface area contributed by atoms with Crippen LogP contribution in [0.1, 0.15) is 13.8 Å². The van der Waals surface area contributed by atoms with Gasteiger partial charge in [0, 0.05) is 11.4 Å². The van der Waals surface area contributed by atoms with Crippen molar-refractivity contribution in [2.24, 2.45) is 0 Å². The molecule has 0 aromatic rings. The lowest BCUT2D eigenvalue weighted by Gasteiger charge is -2.23. The number of rotatable bonds is 13. The van der Waals surface area contributed by atoms with Crippen LogP contribution in [0.25, 0.3) is 0 Å². The van der Waals surface area contributed by atoms with Gasteiger partial charge in [0.25, 0.3) is 5.91 Å². The second-order valence-corrected chi connectivity index (χ2v) is 7.44. The highest BCUT2D eigenvalue weighted by Gasteiger charge is 2.35. The van der Waals surface area contributed by atoms with E-state index >= 15 is 0 Å². The second kappa shape index (κ2) is 12.0. The molecule has 0 saturated carbocycles. The number of nitrogens with one attached hydrogen (secondary N) is 1. The van der Waals surface area contributed by atoms with Crippen molar-refractivity contribution in [1.82, 2.24) is 5.32 Å². The molecule has 1 unspecified atom stereocenters. The van der Waals surface area contributed by atoms with Crippen LogP contribution >= 0.6 is 11.8 Å². The summed E-state index contributed by atoms with van der Waals surface area (Å²) < 4.78 is 15.7. The lowest BCUT2D eigenvalue weighted by molar-refractivity contribution is -0.124. The molecule has 1 amide bonds. The molecule has 146 valence electrons. The molecule has 0 radical (unpaired) electrons. The molecular formula is C19H29NO5S. The lowest BCUT2D eigenvalue weighted by atomic mass is 10.0. The Labute approximate surface area is 160 Å². The van der Waals surface area contributed by atoms with Gasteiger partial charge in [-0.3, -0.25) is 4.79 Å². The Kier molecular flexibility index (Phi) is 10.3. The van der Waals surface area contributed by atoms with Crippen LogP contribution in [0.15, 0.2) is 47.6 Å². The minimum absolute atomic E-state index is 0.000338. The van der Waals surface area contributed by atoms with E-state index in [1.165, 1.54) is 0 Å². The fourth-order valence-corrected chi connectivity index (χ4v) is 3.44. The number of ether oxygens (including phenoxy) is 3. The third-order valence-electron chi connectivity index (χ3n) is 3.48.